The first-order valence-electron chi connectivity index (χ1n) is 18.0. The first-order valence-corrected chi connectivity index (χ1v) is 18.0. The lowest BCUT2D eigenvalue weighted by atomic mass is 9.66. The highest BCUT2D eigenvalue weighted by atomic mass is 16.5. The average molecular weight is 661 g/mol. The van der Waals surface area contributed by atoms with Crippen LogP contribution in [0.1, 0.15) is 22.3 Å². The van der Waals surface area contributed by atoms with E-state index in [1.807, 2.05) is 0 Å². The van der Waals surface area contributed by atoms with E-state index in [2.05, 4.69) is 194 Å². The molecule has 1 aliphatic carbocycles. The summed E-state index contributed by atoms with van der Waals surface area (Å²) in [5.41, 5.74) is 14.4. The molecule has 0 fully saturated rings. The molecular weight excluding hydrogens is 629 g/mol. The lowest BCUT2D eigenvalue weighted by Crippen LogP contribution is -2.32. The van der Waals surface area contributed by atoms with Crippen LogP contribution < -0.4 is 4.74 Å². The summed E-state index contributed by atoms with van der Waals surface area (Å²) >= 11 is 0. The van der Waals surface area contributed by atoms with Gasteiger partial charge in [-0.3, -0.25) is 0 Å². The van der Waals surface area contributed by atoms with E-state index in [-0.39, 0.29) is 0 Å². The van der Waals surface area contributed by atoms with Crippen molar-refractivity contribution in [1.82, 2.24) is 0 Å². The van der Waals surface area contributed by atoms with Crippen molar-refractivity contribution >= 4 is 21.5 Å². The second kappa shape index (κ2) is 11.2. The summed E-state index contributed by atoms with van der Waals surface area (Å²) in [6.45, 7) is 0. The van der Waals surface area contributed by atoms with Gasteiger partial charge < -0.3 is 4.74 Å². The maximum absolute atomic E-state index is 6.69. The number of ether oxygens (including phenoxy) is 1. The Morgan fingerprint density at radius 1 is 0.288 bits per heavy atom. The predicted octanol–water partition coefficient (Wildman–Crippen LogP) is 13.5. The first-order chi connectivity index (χ1) is 25.8. The highest BCUT2D eigenvalue weighted by molar-refractivity contribution is 6.21. The fourth-order valence-electron chi connectivity index (χ4n) is 9.21. The zero-order valence-electron chi connectivity index (χ0n) is 28.4. The SMILES string of the molecule is c1ccc(-c2c(-c3ccc(-c4ccc5c(c4)C4(c6ccccc6O5)c5ccccc5-c5ccccc54)cc3)c3ccccc3c3ccccc23)cc1. The van der Waals surface area contributed by atoms with Gasteiger partial charge in [-0.05, 0) is 95.4 Å². The molecule has 1 heterocycles. The summed E-state index contributed by atoms with van der Waals surface area (Å²) in [4.78, 5) is 0. The molecule has 0 N–H and O–H groups in total. The topological polar surface area (TPSA) is 9.23 Å². The minimum absolute atomic E-state index is 0.484. The Balaban J connectivity index is 1.11. The highest BCUT2D eigenvalue weighted by Gasteiger charge is 2.51. The number of benzene rings is 9. The van der Waals surface area contributed by atoms with Gasteiger partial charge in [0.1, 0.15) is 11.5 Å². The van der Waals surface area contributed by atoms with Crippen LogP contribution in [0.25, 0.3) is 66.1 Å². The summed E-state index contributed by atoms with van der Waals surface area (Å²) in [5.74, 6) is 1.82. The minimum Gasteiger partial charge on any atom is -0.457 e. The van der Waals surface area contributed by atoms with E-state index < -0.39 is 5.41 Å². The van der Waals surface area contributed by atoms with Crippen LogP contribution in [0.4, 0.5) is 0 Å². The molecule has 0 bridgehead atoms. The first kappa shape index (κ1) is 29.1. The molecule has 9 aromatic rings. The molecular formula is C51H32O. The Morgan fingerprint density at radius 2 is 0.731 bits per heavy atom. The summed E-state index contributed by atoms with van der Waals surface area (Å²) in [5, 5.41) is 5.08. The van der Waals surface area contributed by atoms with Crippen LogP contribution in [0.5, 0.6) is 11.5 Å². The molecule has 0 radical (unpaired) electrons. The van der Waals surface area contributed by atoms with Crippen molar-refractivity contribution in [3.63, 3.8) is 0 Å². The number of hydrogen-bond acceptors (Lipinski definition) is 1. The van der Waals surface area contributed by atoms with E-state index in [0.29, 0.717) is 0 Å². The summed E-state index contributed by atoms with van der Waals surface area (Å²) in [6, 6.07) is 70.8. The molecule has 1 nitrogen and oxygen atoms in total. The molecule has 0 atom stereocenters. The van der Waals surface area contributed by atoms with Gasteiger partial charge in [0.15, 0.2) is 0 Å². The van der Waals surface area contributed by atoms with Crippen LogP contribution >= 0.6 is 0 Å². The molecule has 0 saturated heterocycles. The minimum atomic E-state index is -0.484. The second-order valence-electron chi connectivity index (χ2n) is 13.9. The maximum atomic E-state index is 6.69. The Morgan fingerprint density at radius 3 is 1.37 bits per heavy atom. The lowest BCUT2D eigenvalue weighted by molar-refractivity contribution is 0.436. The van der Waals surface area contributed by atoms with E-state index in [9.17, 15) is 0 Å². The molecule has 52 heavy (non-hydrogen) atoms. The van der Waals surface area contributed by atoms with Gasteiger partial charge in [-0.15, -0.1) is 0 Å². The molecule has 2 aliphatic rings. The molecule has 9 aromatic carbocycles. The molecule has 0 saturated carbocycles. The smallest absolute Gasteiger partial charge is 0.132 e. The van der Waals surface area contributed by atoms with Crippen LogP contribution in [-0.4, -0.2) is 0 Å². The average Bonchev–Trinajstić information content (AvgIpc) is 3.51. The van der Waals surface area contributed by atoms with Gasteiger partial charge in [0.2, 0.25) is 0 Å². The second-order valence-corrected chi connectivity index (χ2v) is 13.9. The Kier molecular flexibility index (Phi) is 6.23. The number of rotatable bonds is 3. The van der Waals surface area contributed by atoms with Gasteiger partial charge >= 0.3 is 0 Å². The maximum Gasteiger partial charge on any atom is 0.132 e. The van der Waals surface area contributed by atoms with Gasteiger partial charge in [-0.25, -0.2) is 0 Å². The zero-order valence-corrected chi connectivity index (χ0v) is 28.4. The van der Waals surface area contributed by atoms with E-state index >= 15 is 0 Å². The molecule has 0 unspecified atom stereocenters. The van der Waals surface area contributed by atoms with Gasteiger partial charge in [0, 0.05) is 11.1 Å². The van der Waals surface area contributed by atoms with Crippen molar-refractivity contribution in [1.29, 1.82) is 0 Å². The molecule has 0 aromatic heterocycles. The van der Waals surface area contributed by atoms with Gasteiger partial charge in [0.25, 0.3) is 0 Å². The third-order valence-corrected chi connectivity index (χ3v) is 11.3. The normalized spacial score (nSPS) is 13.3. The predicted molar refractivity (Wildman–Crippen MR) is 215 cm³/mol. The van der Waals surface area contributed by atoms with Gasteiger partial charge in [-0.1, -0.05) is 176 Å². The van der Waals surface area contributed by atoms with Gasteiger partial charge in [0.05, 0.1) is 5.41 Å². The molecule has 1 spiro atoms. The fourth-order valence-corrected chi connectivity index (χ4v) is 9.21. The van der Waals surface area contributed by atoms with Crippen LogP contribution in [0.3, 0.4) is 0 Å². The Bertz CT molecular complexity index is 2820. The lowest BCUT2D eigenvalue weighted by Gasteiger charge is -2.39. The van der Waals surface area contributed by atoms with Crippen molar-refractivity contribution in [2.45, 2.75) is 5.41 Å². The number of hydrogen-bond donors (Lipinski definition) is 0. The summed E-state index contributed by atoms with van der Waals surface area (Å²) in [6.07, 6.45) is 0. The van der Waals surface area contributed by atoms with E-state index in [1.165, 1.54) is 88.3 Å². The molecule has 11 rings (SSSR count). The van der Waals surface area contributed by atoms with Crippen molar-refractivity contribution < 1.29 is 4.74 Å². The number of fused-ring (bicyclic) bond motifs is 12. The molecule has 242 valence electrons. The molecule has 0 amide bonds. The van der Waals surface area contributed by atoms with Crippen molar-refractivity contribution in [2.24, 2.45) is 0 Å². The van der Waals surface area contributed by atoms with E-state index in [1.54, 1.807) is 0 Å². The Hall–Kier alpha value is -6.70. The largest absolute Gasteiger partial charge is 0.457 e. The molecule has 1 heteroatoms. The number of para-hydroxylation sites is 1. The van der Waals surface area contributed by atoms with Crippen molar-refractivity contribution in [3.05, 3.63) is 216 Å². The van der Waals surface area contributed by atoms with Crippen LogP contribution in [-0.2, 0) is 5.41 Å². The van der Waals surface area contributed by atoms with Crippen LogP contribution in [0, 0.1) is 0 Å². The monoisotopic (exact) mass is 660 g/mol. The van der Waals surface area contributed by atoms with Crippen molar-refractivity contribution in [2.75, 3.05) is 0 Å². The third kappa shape index (κ3) is 3.99. The zero-order chi connectivity index (χ0) is 34.2. The standard InChI is InChI=1S/C51H32O/c1-2-14-34(15-3-1)49-41-20-6-4-16-37(41)38-17-5-7-21-42(38)50(49)35-28-26-33(27-29-35)36-30-31-48-46(32-36)51(45-24-12-13-25-47(45)52-48)43-22-10-8-18-39(43)40-19-9-11-23-44(40)51/h1-32H. The fraction of sp³-hybridized carbons (Fsp3) is 0.0196. The van der Waals surface area contributed by atoms with Crippen LogP contribution in [0.2, 0.25) is 0 Å². The highest BCUT2D eigenvalue weighted by Crippen LogP contribution is 2.62. The summed E-state index contributed by atoms with van der Waals surface area (Å²) < 4.78 is 6.69. The van der Waals surface area contributed by atoms with Gasteiger partial charge in [-0.2, -0.15) is 0 Å². The van der Waals surface area contributed by atoms with E-state index in [4.69, 9.17) is 4.74 Å². The Labute approximate surface area is 303 Å². The quantitative estimate of drug-likeness (QED) is 0.171. The van der Waals surface area contributed by atoms with E-state index in [0.717, 1.165) is 11.5 Å². The third-order valence-electron chi connectivity index (χ3n) is 11.3. The van der Waals surface area contributed by atoms with Crippen molar-refractivity contribution in [3.8, 4) is 56.0 Å². The van der Waals surface area contributed by atoms with Crippen LogP contribution in [0.15, 0.2) is 194 Å². The molecule has 1 aliphatic heterocycles. The summed E-state index contributed by atoms with van der Waals surface area (Å²) in [7, 11) is 0.